The van der Waals surface area contributed by atoms with Crippen molar-refractivity contribution in [2.75, 3.05) is 17.7 Å². The second kappa shape index (κ2) is 11.8. The van der Waals surface area contributed by atoms with Crippen LogP contribution in [-0.4, -0.2) is 28.3 Å². The van der Waals surface area contributed by atoms with E-state index in [1.54, 1.807) is 6.20 Å². The highest BCUT2D eigenvalue weighted by Gasteiger charge is 2.11. The number of ether oxygens (including phenoxy) is 1. The Balaban J connectivity index is 2.83. The summed E-state index contributed by atoms with van der Waals surface area (Å²) in [6.07, 6.45) is 13.5. The second-order valence-electron chi connectivity index (χ2n) is 5.98. The molecule has 0 amide bonds. The molecule has 0 saturated heterocycles. The van der Waals surface area contributed by atoms with Gasteiger partial charge in [-0.15, -0.1) is 0 Å². The summed E-state index contributed by atoms with van der Waals surface area (Å²) in [6.45, 7) is 10.4. The van der Waals surface area contributed by atoms with Crippen LogP contribution in [0.3, 0.4) is 0 Å². The van der Waals surface area contributed by atoms with Crippen molar-refractivity contribution in [3.05, 3.63) is 42.3 Å². The van der Waals surface area contributed by atoms with E-state index in [1.165, 1.54) is 0 Å². The normalized spacial score (nSPS) is 14.2. The first-order valence-corrected chi connectivity index (χ1v) is 9.01. The molecule has 0 radical (unpaired) electrons. The lowest BCUT2D eigenvalue weighted by Crippen LogP contribution is -2.17. The third-order valence-electron chi connectivity index (χ3n) is 3.55. The van der Waals surface area contributed by atoms with Crippen LogP contribution in [0.25, 0.3) is 0 Å². The quantitative estimate of drug-likeness (QED) is 0.474. The van der Waals surface area contributed by atoms with Gasteiger partial charge in [0.25, 0.3) is 0 Å². The molecule has 1 atom stereocenters. The molecule has 0 bridgehead atoms. The van der Waals surface area contributed by atoms with Gasteiger partial charge in [-0.2, -0.15) is 4.98 Å². The Hall–Kier alpha value is -2.63. The van der Waals surface area contributed by atoms with Crippen molar-refractivity contribution in [2.24, 2.45) is 4.99 Å². The maximum absolute atomic E-state index is 5.89. The number of aromatic nitrogens is 2. The molecule has 142 valence electrons. The zero-order chi connectivity index (χ0) is 19.4. The number of hydrogen-bond donors (Lipinski definition) is 2. The molecular formula is C20H31N5O. The summed E-state index contributed by atoms with van der Waals surface area (Å²) >= 11 is 0. The van der Waals surface area contributed by atoms with Crippen LogP contribution in [0.1, 0.15) is 47.5 Å². The SMILES string of the molecule is C\C=C/C=C\C(C)=N\C(=C/C)COc1cnc(N)nc1N[C@@H](C)CCC. The zero-order valence-corrected chi connectivity index (χ0v) is 16.5. The number of aliphatic imine (C=N–C) groups is 1. The maximum Gasteiger partial charge on any atom is 0.222 e. The number of hydrogen-bond acceptors (Lipinski definition) is 6. The van der Waals surface area contributed by atoms with E-state index in [-0.39, 0.29) is 12.0 Å². The highest BCUT2D eigenvalue weighted by molar-refractivity contribution is 5.93. The molecule has 0 spiro atoms. The Morgan fingerprint density at radius 1 is 1.38 bits per heavy atom. The fraction of sp³-hybridized carbons (Fsp3) is 0.450. The molecule has 0 saturated carbocycles. The van der Waals surface area contributed by atoms with Gasteiger partial charge in [-0.25, -0.2) is 4.98 Å². The van der Waals surface area contributed by atoms with Crippen LogP contribution >= 0.6 is 0 Å². The molecule has 0 aromatic carbocycles. The Morgan fingerprint density at radius 3 is 2.81 bits per heavy atom. The van der Waals surface area contributed by atoms with Crippen molar-refractivity contribution in [3.63, 3.8) is 0 Å². The average molecular weight is 358 g/mol. The molecule has 0 aliphatic heterocycles. The van der Waals surface area contributed by atoms with Gasteiger partial charge in [-0.1, -0.05) is 37.6 Å². The molecule has 26 heavy (non-hydrogen) atoms. The molecule has 0 unspecified atom stereocenters. The monoisotopic (exact) mass is 357 g/mol. The second-order valence-corrected chi connectivity index (χ2v) is 5.98. The third kappa shape index (κ3) is 7.96. The van der Waals surface area contributed by atoms with Crippen molar-refractivity contribution in [1.29, 1.82) is 0 Å². The van der Waals surface area contributed by atoms with Gasteiger partial charge in [-0.3, -0.25) is 4.99 Å². The number of rotatable bonds is 10. The van der Waals surface area contributed by atoms with Crippen molar-refractivity contribution >= 4 is 17.5 Å². The molecule has 0 aliphatic rings. The number of nitrogen functional groups attached to an aromatic ring is 1. The topological polar surface area (TPSA) is 85.4 Å². The zero-order valence-electron chi connectivity index (χ0n) is 16.5. The molecule has 6 nitrogen and oxygen atoms in total. The predicted molar refractivity (Wildman–Crippen MR) is 111 cm³/mol. The minimum atomic E-state index is 0.220. The largest absolute Gasteiger partial charge is 0.482 e. The number of nitrogens with zero attached hydrogens (tertiary/aromatic N) is 3. The summed E-state index contributed by atoms with van der Waals surface area (Å²) in [5, 5.41) is 3.34. The molecule has 1 aromatic rings. The standard InChI is InChI=1S/C20H31N5O/c1-6-9-10-12-16(5)23-17(8-3)14-26-18-13-22-20(21)25-19(18)24-15(4)11-7-2/h6,8-10,12-13,15H,7,11,14H2,1-5H3,(H3,21,22,24,25)/b9-6-,12-10-,17-8-,23-16+/t15-/m0/s1. The van der Waals surface area contributed by atoms with Crippen LogP contribution < -0.4 is 15.8 Å². The molecule has 1 aromatic heterocycles. The van der Waals surface area contributed by atoms with Crippen LogP contribution in [-0.2, 0) is 0 Å². The summed E-state index contributed by atoms with van der Waals surface area (Å²) in [6, 6.07) is 0.273. The lowest BCUT2D eigenvalue weighted by atomic mass is 10.2. The summed E-state index contributed by atoms with van der Waals surface area (Å²) in [4.78, 5) is 12.9. The number of allylic oxidation sites excluding steroid dienone is 5. The van der Waals surface area contributed by atoms with Crippen molar-refractivity contribution in [1.82, 2.24) is 9.97 Å². The smallest absolute Gasteiger partial charge is 0.222 e. The molecule has 1 heterocycles. The fourth-order valence-electron chi connectivity index (χ4n) is 2.23. The lowest BCUT2D eigenvalue weighted by molar-refractivity contribution is 0.349. The minimum absolute atomic E-state index is 0.220. The van der Waals surface area contributed by atoms with E-state index < -0.39 is 0 Å². The van der Waals surface area contributed by atoms with Gasteiger partial charge in [0.1, 0.15) is 6.61 Å². The minimum Gasteiger partial charge on any atom is -0.482 e. The van der Waals surface area contributed by atoms with Crippen molar-refractivity contribution in [2.45, 2.75) is 53.5 Å². The van der Waals surface area contributed by atoms with Crippen molar-refractivity contribution in [3.8, 4) is 5.75 Å². The summed E-state index contributed by atoms with van der Waals surface area (Å²) in [5.41, 5.74) is 7.46. The van der Waals surface area contributed by atoms with Gasteiger partial charge < -0.3 is 15.8 Å². The molecule has 0 fully saturated rings. The Morgan fingerprint density at radius 2 is 2.15 bits per heavy atom. The van der Waals surface area contributed by atoms with Gasteiger partial charge in [0, 0.05) is 11.8 Å². The first-order chi connectivity index (χ1) is 12.5. The Bertz CT molecular complexity index is 677. The Kier molecular flexibility index (Phi) is 9.75. The van der Waals surface area contributed by atoms with Crippen LogP contribution in [0.15, 0.2) is 47.3 Å². The number of anilines is 2. The summed E-state index contributed by atoms with van der Waals surface area (Å²) in [7, 11) is 0. The van der Waals surface area contributed by atoms with E-state index in [2.05, 4.69) is 34.1 Å². The first-order valence-electron chi connectivity index (χ1n) is 9.01. The van der Waals surface area contributed by atoms with E-state index in [4.69, 9.17) is 10.5 Å². The maximum atomic E-state index is 5.89. The van der Waals surface area contributed by atoms with Crippen LogP contribution in [0.5, 0.6) is 5.75 Å². The number of nitrogens with one attached hydrogen (secondary N) is 1. The van der Waals surface area contributed by atoms with Gasteiger partial charge in [0.05, 0.1) is 11.9 Å². The summed E-state index contributed by atoms with van der Waals surface area (Å²) in [5.74, 6) is 1.40. The highest BCUT2D eigenvalue weighted by atomic mass is 16.5. The molecular weight excluding hydrogens is 326 g/mol. The van der Waals surface area contributed by atoms with Gasteiger partial charge >= 0.3 is 0 Å². The van der Waals surface area contributed by atoms with Crippen molar-refractivity contribution < 1.29 is 4.74 Å². The third-order valence-corrected chi connectivity index (χ3v) is 3.55. The predicted octanol–water partition coefficient (Wildman–Crippen LogP) is 4.54. The van der Waals surface area contributed by atoms with Gasteiger partial charge in [0.15, 0.2) is 11.6 Å². The van der Waals surface area contributed by atoms with Gasteiger partial charge in [0.2, 0.25) is 5.95 Å². The molecule has 0 aliphatic carbocycles. The van der Waals surface area contributed by atoms with Gasteiger partial charge in [-0.05, 0) is 40.2 Å². The van der Waals surface area contributed by atoms with Crippen LogP contribution in [0, 0.1) is 0 Å². The molecule has 3 N–H and O–H groups in total. The van der Waals surface area contributed by atoms with E-state index in [0.29, 0.717) is 18.2 Å². The molecule has 6 heteroatoms. The van der Waals surface area contributed by atoms with E-state index >= 15 is 0 Å². The van der Waals surface area contributed by atoms with Crippen LogP contribution in [0.4, 0.5) is 11.8 Å². The van der Waals surface area contributed by atoms with E-state index in [0.717, 1.165) is 24.3 Å². The first kappa shape index (κ1) is 21.4. The average Bonchev–Trinajstić information content (AvgIpc) is 2.60. The van der Waals surface area contributed by atoms with E-state index in [9.17, 15) is 0 Å². The van der Waals surface area contributed by atoms with E-state index in [1.807, 2.05) is 51.2 Å². The number of nitrogens with two attached hydrogens (primary N) is 1. The fourth-order valence-corrected chi connectivity index (χ4v) is 2.23. The molecule has 1 rings (SSSR count). The van der Waals surface area contributed by atoms with Crippen LogP contribution in [0.2, 0.25) is 0 Å². The Labute approximate surface area is 157 Å². The lowest BCUT2D eigenvalue weighted by Gasteiger charge is -2.17. The highest BCUT2D eigenvalue weighted by Crippen LogP contribution is 2.23. The summed E-state index contributed by atoms with van der Waals surface area (Å²) < 4.78 is 5.89.